The maximum atomic E-state index is 12.2. The van der Waals surface area contributed by atoms with Crippen molar-refractivity contribution in [2.45, 2.75) is 46.1 Å². The van der Waals surface area contributed by atoms with Crippen LogP contribution in [0.4, 0.5) is 0 Å². The van der Waals surface area contributed by atoms with Gasteiger partial charge in [0.05, 0.1) is 19.1 Å². The normalized spacial score (nSPS) is 15.3. The van der Waals surface area contributed by atoms with E-state index < -0.39 is 5.41 Å². The number of amides is 1. The summed E-state index contributed by atoms with van der Waals surface area (Å²) in [6.07, 6.45) is 3.62. The molecule has 7 heteroatoms. The zero-order valence-corrected chi connectivity index (χ0v) is 14.8. The third-order valence-electron chi connectivity index (χ3n) is 4.31. The lowest BCUT2D eigenvalue weighted by molar-refractivity contribution is -0.146. The summed E-state index contributed by atoms with van der Waals surface area (Å²) in [7, 11) is 1.37. The summed E-state index contributed by atoms with van der Waals surface area (Å²) in [5, 5.41) is 6.60. The average molecular weight is 337 g/mol. The van der Waals surface area contributed by atoms with Gasteiger partial charge in [0.2, 0.25) is 0 Å². The third-order valence-corrected chi connectivity index (χ3v) is 4.31. The molecule has 0 aliphatic heterocycles. The molecule has 1 saturated carbocycles. The van der Waals surface area contributed by atoms with Crippen molar-refractivity contribution in [3.05, 3.63) is 17.5 Å². The lowest BCUT2D eigenvalue weighted by Crippen LogP contribution is -2.35. The van der Waals surface area contributed by atoms with Crippen molar-refractivity contribution in [1.29, 1.82) is 0 Å². The van der Waals surface area contributed by atoms with Crippen molar-refractivity contribution in [3.8, 4) is 0 Å². The van der Waals surface area contributed by atoms with Crippen LogP contribution in [0.25, 0.3) is 0 Å². The Morgan fingerprint density at radius 3 is 2.54 bits per heavy atom. The first-order valence-electron chi connectivity index (χ1n) is 8.59. The van der Waals surface area contributed by atoms with Gasteiger partial charge in [-0.3, -0.25) is 14.5 Å². The third kappa shape index (κ3) is 4.56. The van der Waals surface area contributed by atoms with Crippen LogP contribution < -0.4 is 5.32 Å². The minimum absolute atomic E-state index is 0.249. The maximum Gasteiger partial charge on any atom is 0.313 e. The van der Waals surface area contributed by atoms with Crippen molar-refractivity contribution in [1.82, 2.24) is 15.4 Å². The molecule has 24 heavy (non-hydrogen) atoms. The minimum Gasteiger partial charge on any atom is -0.469 e. The summed E-state index contributed by atoms with van der Waals surface area (Å²) < 4.78 is 10.1. The lowest BCUT2D eigenvalue weighted by Gasteiger charge is -2.18. The van der Waals surface area contributed by atoms with Gasteiger partial charge in [0, 0.05) is 12.6 Å². The van der Waals surface area contributed by atoms with E-state index in [2.05, 4.69) is 29.2 Å². The fourth-order valence-corrected chi connectivity index (χ4v) is 2.78. The number of esters is 1. The van der Waals surface area contributed by atoms with Crippen LogP contribution in [0, 0.1) is 5.41 Å². The van der Waals surface area contributed by atoms with E-state index in [1.54, 1.807) is 6.07 Å². The standard InChI is InChI=1S/C17H27N3O4/c1-4-8-20(9-5-2)11-13-10-14(19-24-13)15(21)18-12-17(6-7-17)16(22)23-3/h10H,4-9,11-12H2,1-3H3,(H,18,21). The Kier molecular flexibility index (Phi) is 6.36. The molecule has 2 rings (SSSR count). The fraction of sp³-hybridized carbons (Fsp3) is 0.706. The summed E-state index contributed by atoms with van der Waals surface area (Å²) in [5.41, 5.74) is -0.297. The number of carbonyl (C=O) groups excluding carboxylic acids is 2. The molecule has 1 fully saturated rings. The second kappa shape index (κ2) is 8.28. The van der Waals surface area contributed by atoms with E-state index in [1.807, 2.05) is 0 Å². The van der Waals surface area contributed by atoms with E-state index in [-0.39, 0.29) is 24.1 Å². The molecule has 1 aliphatic carbocycles. The second-order valence-electron chi connectivity index (χ2n) is 6.41. The monoisotopic (exact) mass is 337 g/mol. The first-order valence-corrected chi connectivity index (χ1v) is 8.59. The van der Waals surface area contributed by atoms with Gasteiger partial charge in [-0.2, -0.15) is 0 Å². The average Bonchev–Trinajstić information content (AvgIpc) is 3.23. The summed E-state index contributed by atoms with van der Waals surface area (Å²) >= 11 is 0. The van der Waals surface area contributed by atoms with Gasteiger partial charge in [-0.05, 0) is 38.8 Å². The largest absolute Gasteiger partial charge is 0.469 e. The van der Waals surface area contributed by atoms with Gasteiger partial charge in [-0.25, -0.2) is 0 Å². The predicted molar refractivity (Wildman–Crippen MR) is 88.4 cm³/mol. The molecular weight excluding hydrogens is 310 g/mol. The zero-order chi connectivity index (χ0) is 17.6. The molecule has 1 amide bonds. The molecule has 0 saturated heterocycles. The second-order valence-corrected chi connectivity index (χ2v) is 6.41. The molecule has 1 heterocycles. The topological polar surface area (TPSA) is 84.7 Å². The number of rotatable bonds is 10. The molecule has 1 aromatic heterocycles. The van der Waals surface area contributed by atoms with E-state index in [1.165, 1.54) is 7.11 Å². The number of carbonyl (C=O) groups is 2. The number of hydrogen-bond acceptors (Lipinski definition) is 6. The van der Waals surface area contributed by atoms with E-state index in [4.69, 9.17) is 9.26 Å². The molecule has 0 unspecified atom stereocenters. The molecular formula is C17H27N3O4. The minimum atomic E-state index is -0.546. The number of aromatic nitrogens is 1. The summed E-state index contributed by atoms with van der Waals surface area (Å²) in [4.78, 5) is 26.1. The summed E-state index contributed by atoms with van der Waals surface area (Å²) in [6.45, 7) is 7.16. The Morgan fingerprint density at radius 2 is 2.00 bits per heavy atom. The number of nitrogens with zero attached hydrogens (tertiary/aromatic N) is 2. The van der Waals surface area contributed by atoms with Gasteiger partial charge in [0.1, 0.15) is 0 Å². The van der Waals surface area contributed by atoms with Crippen molar-refractivity contribution in [2.24, 2.45) is 5.41 Å². The van der Waals surface area contributed by atoms with Crippen LogP contribution in [-0.2, 0) is 16.1 Å². The SMILES string of the molecule is CCCN(CCC)Cc1cc(C(=O)NCC2(C(=O)OC)CC2)no1. The molecule has 0 aromatic carbocycles. The number of nitrogens with one attached hydrogen (secondary N) is 1. The first kappa shape index (κ1) is 18.4. The number of ether oxygens (including phenoxy) is 1. The van der Waals surface area contributed by atoms with E-state index >= 15 is 0 Å². The van der Waals surface area contributed by atoms with Crippen molar-refractivity contribution in [3.63, 3.8) is 0 Å². The van der Waals surface area contributed by atoms with Gasteiger partial charge in [0.25, 0.3) is 5.91 Å². The van der Waals surface area contributed by atoms with E-state index in [0.29, 0.717) is 12.3 Å². The Hall–Kier alpha value is -1.89. The molecule has 0 bridgehead atoms. The van der Waals surface area contributed by atoms with E-state index in [0.717, 1.165) is 38.8 Å². The van der Waals surface area contributed by atoms with E-state index in [9.17, 15) is 9.59 Å². The summed E-state index contributed by atoms with van der Waals surface area (Å²) in [5.74, 6) is 0.0901. The van der Waals surface area contributed by atoms with Crippen molar-refractivity contribution >= 4 is 11.9 Å². The van der Waals surface area contributed by atoms with Crippen LogP contribution in [0.15, 0.2) is 10.6 Å². The molecule has 7 nitrogen and oxygen atoms in total. The zero-order valence-electron chi connectivity index (χ0n) is 14.8. The van der Waals surface area contributed by atoms with Gasteiger partial charge >= 0.3 is 5.97 Å². The highest BCUT2D eigenvalue weighted by Gasteiger charge is 2.51. The van der Waals surface area contributed by atoms with Gasteiger partial charge in [-0.1, -0.05) is 19.0 Å². The highest BCUT2D eigenvalue weighted by Crippen LogP contribution is 2.46. The molecule has 1 N–H and O–H groups in total. The highest BCUT2D eigenvalue weighted by atomic mass is 16.5. The molecule has 0 atom stereocenters. The molecule has 1 aromatic rings. The number of hydrogen-bond donors (Lipinski definition) is 1. The maximum absolute atomic E-state index is 12.2. The van der Waals surface area contributed by atoms with Gasteiger partial charge in [-0.15, -0.1) is 0 Å². The van der Waals surface area contributed by atoms with Crippen molar-refractivity contribution in [2.75, 3.05) is 26.7 Å². The van der Waals surface area contributed by atoms with Crippen molar-refractivity contribution < 1.29 is 18.8 Å². The molecule has 0 radical (unpaired) electrons. The predicted octanol–water partition coefficient (Wildman–Crippen LogP) is 1.98. The fourth-order valence-electron chi connectivity index (χ4n) is 2.78. The highest BCUT2D eigenvalue weighted by molar-refractivity contribution is 5.92. The smallest absolute Gasteiger partial charge is 0.313 e. The number of methoxy groups -OCH3 is 1. The van der Waals surface area contributed by atoms with Gasteiger partial charge in [0.15, 0.2) is 11.5 Å². The van der Waals surface area contributed by atoms with Crippen LogP contribution >= 0.6 is 0 Å². The molecule has 0 spiro atoms. The van der Waals surface area contributed by atoms with Crippen LogP contribution in [0.5, 0.6) is 0 Å². The summed E-state index contributed by atoms with van der Waals surface area (Å²) in [6, 6.07) is 1.67. The van der Waals surface area contributed by atoms with Crippen LogP contribution in [0.3, 0.4) is 0 Å². The first-order chi connectivity index (χ1) is 11.5. The Morgan fingerprint density at radius 1 is 1.33 bits per heavy atom. The quantitative estimate of drug-likeness (QED) is 0.657. The Labute approximate surface area is 142 Å². The molecule has 134 valence electrons. The van der Waals surface area contributed by atoms with Gasteiger partial charge < -0.3 is 14.6 Å². The van der Waals surface area contributed by atoms with Crippen LogP contribution in [-0.4, -0.2) is 48.7 Å². The van der Waals surface area contributed by atoms with Crippen LogP contribution in [0.1, 0.15) is 55.8 Å². The Balaban J connectivity index is 1.88. The Bertz CT molecular complexity index is 560. The molecule has 1 aliphatic rings. The lowest BCUT2D eigenvalue weighted by atomic mass is 10.1. The van der Waals surface area contributed by atoms with Crippen LogP contribution in [0.2, 0.25) is 0 Å².